The molecule has 0 bridgehead atoms. The van der Waals surface area contributed by atoms with Crippen molar-refractivity contribution in [1.82, 2.24) is 14.9 Å². The van der Waals surface area contributed by atoms with Crippen LogP contribution in [0.5, 0.6) is 0 Å². The Labute approximate surface area is 185 Å². The minimum absolute atomic E-state index is 0.281. The summed E-state index contributed by atoms with van der Waals surface area (Å²) in [5, 5.41) is 7.19. The van der Waals surface area contributed by atoms with Gasteiger partial charge >= 0.3 is 0 Å². The van der Waals surface area contributed by atoms with Gasteiger partial charge in [0.05, 0.1) is 17.0 Å². The highest BCUT2D eigenvalue weighted by Gasteiger charge is 2.43. The van der Waals surface area contributed by atoms with Gasteiger partial charge in [0.15, 0.2) is 0 Å². The van der Waals surface area contributed by atoms with Gasteiger partial charge in [-0.25, -0.2) is 8.42 Å². The van der Waals surface area contributed by atoms with Crippen molar-refractivity contribution in [2.75, 3.05) is 26.2 Å². The molecule has 2 aromatic rings. The fourth-order valence-electron chi connectivity index (χ4n) is 4.68. The van der Waals surface area contributed by atoms with Gasteiger partial charge in [0.25, 0.3) is 0 Å². The van der Waals surface area contributed by atoms with Gasteiger partial charge in [0, 0.05) is 26.2 Å². The lowest BCUT2D eigenvalue weighted by Gasteiger charge is -2.44. The molecule has 2 N–H and O–H groups in total. The fraction of sp³-hybridized carbons (Fsp3) is 0.458. The van der Waals surface area contributed by atoms with Crippen molar-refractivity contribution in [3.05, 3.63) is 64.7 Å². The second-order valence-corrected chi connectivity index (χ2v) is 10.7. The number of sulfonamides is 1. The van der Waals surface area contributed by atoms with Crippen LogP contribution in [-0.4, -0.2) is 50.3 Å². The molecule has 0 atom stereocenters. The maximum absolute atomic E-state index is 13.3. The standard InChI is InChI=1S/C24H32N4O2S/c1-18-5-4-6-21(16-18)17-26-23-24(27-12-11-25-23)9-13-28(14-10-24)31(29,30)22-8-7-19(2)15-20(22)3/h4-8,15-16,27H,9-14,17H2,1-3H3,(H,25,26). The highest BCUT2D eigenvalue weighted by Crippen LogP contribution is 2.30. The molecule has 0 unspecified atom stereocenters. The molecule has 6 nitrogen and oxygen atoms in total. The molecule has 2 aliphatic rings. The third kappa shape index (κ3) is 4.54. The van der Waals surface area contributed by atoms with Gasteiger partial charge < -0.3 is 10.6 Å². The van der Waals surface area contributed by atoms with Crippen molar-refractivity contribution < 1.29 is 8.42 Å². The number of rotatable bonds is 4. The van der Waals surface area contributed by atoms with E-state index in [-0.39, 0.29) is 5.54 Å². The number of amidine groups is 1. The lowest BCUT2D eigenvalue weighted by atomic mass is 9.85. The van der Waals surface area contributed by atoms with Gasteiger partial charge in [-0.15, -0.1) is 0 Å². The SMILES string of the molecule is Cc1cccc(CNC2=NCCNC23CCN(S(=O)(=O)c2ccc(C)cc2C)CC3)c1. The fourth-order valence-corrected chi connectivity index (χ4v) is 6.33. The molecule has 2 aliphatic heterocycles. The smallest absolute Gasteiger partial charge is 0.243 e. The third-order valence-electron chi connectivity index (χ3n) is 6.37. The Morgan fingerprint density at radius 1 is 1.06 bits per heavy atom. The molecule has 1 fully saturated rings. The van der Waals surface area contributed by atoms with Crippen LogP contribution < -0.4 is 10.6 Å². The van der Waals surface area contributed by atoms with E-state index in [1.54, 1.807) is 10.4 Å². The first kappa shape index (κ1) is 22.0. The van der Waals surface area contributed by atoms with E-state index in [2.05, 4.69) is 41.8 Å². The monoisotopic (exact) mass is 440 g/mol. The molecule has 0 radical (unpaired) electrons. The lowest BCUT2D eigenvalue weighted by molar-refractivity contribution is 0.241. The van der Waals surface area contributed by atoms with Gasteiger partial charge in [0.1, 0.15) is 5.84 Å². The van der Waals surface area contributed by atoms with E-state index in [0.717, 1.165) is 30.1 Å². The molecule has 0 aliphatic carbocycles. The molecule has 4 rings (SSSR count). The Hall–Kier alpha value is -2.22. The first-order valence-corrected chi connectivity index (χ1v) is 12.4. The van der Waals surface area contributed by atoms with E-state index < -0.39 is 10.0 Å². The number of benzene rings is 2. The summed E-state index contributed by atoms with van der Waals surface area (Å²) in [4.78, 5) is 5.20. The molecule has 0 saturated carbocycles. The average Bonchev–Trinajstić information content (AvgIpc) is 2.73. The predicted molar refractivity (Wildman–Crippen MR) is 125 cm³/mol. The van der Waals surface area contributed by atoms with Crippen LogP contribution in [0, 0.1) is 20.8 Å². The highest BCUT2D eigenvalue weighted by atomic mass is 32.2. The molecule has 31 heavy (non-hydrogen) atoms. The van der Waals surface area contributed by atoms with Crippen LogP contribution in [0.15, 0.2) is 52.4 Å². The number of hydrogen-bond donors (Lipinski definition) is 2. The zero-order chi connectivity index (χ0) is 22.1. The van der Waals surface area contributed by atoms with E-state index in [1.807, 2.05) is 26.0 Å². The van der Waals surface area contributed by atoms with Crippen LogP contribution in [-0.2, 0) is 16.6 Å². The van der Waals surface area contributed by atoms with Gasteiger partial charge in [-0.2, -0.15) is 4.31 Å². The van der Waals surface area contributed by atoms with E-state index in [1.165, 1.54) is 11.1 Å². The summed E-state index contributed by atoms with van der Waals surface area (Å²) in [6, 6.07) is 14.0. The minimum Gasteiger partial charge on any atom is -0.368 e. The van der Waals surface area contributed by atoms with E-state index >= 15 is 0 Å². The summed E-state index contributed by atoms with van der Waals surface area (Å²) in [6.45, 7) is 9.18. The summed E-state index contributed by atoms with van der Waals surface area (Å²) in [7, 11) is -3.50. The lowest BCUT2D eigenvalue weighted by Crippen LogP contribution is -2.64. The van der Waals surface area contributed by atoms with E-state index in [9.17, 15) is 8.42 Å². The van der Waals surface area contributed by atoms with Crippen molar-refractivity contribution in [2.45, 2.75) is 50.6 Å². The van der Waals surface area contributed by atoms with E-state index in [4.69, 9.17) is 4.99 Å². The largest absolute Gasteiger partial charge is 0.368 e. The zero-order valence-electron chi connectivity index (χ0n) is 18.6. The second kappa shape index (κ2) is 8.73. The summed E-state index contributed by atoms with van der Waals surface area (Å²) < 4.78 is 28.2. The molecule has 7 heteroatoms. The van der Waals surface area contributed by atoms with Crippen LogP contribution in [0.4, 0.5) is 0 Å². The highest BCUT2D eigenvalue weighted by molar-refractivity contribution is 7.89. The van der Waals surface area contributed by atoms with Gasteiger partial charge in [-0.3, -0.25) is 4.99 Å². The third-order valence-corrected chi connectivity index (χ3v) is 8.42. The molecule has 1 saturated heterocycles. The van der Waals surface area contributed by atoms with Crippen molar-refractivity contribution in [1.29, 1.82) is 0 Å². The molecule has 2 aromatic carbocycles. The van der Waals surface area contributed by atoms with Gasteiger partial charge in [0.2, 0.25) is 10.0 Å². The van der Waals surface area contributed by atoms with Crippen LogP contribution in [0.1, 0.15) is 35.1 Å². The van der Waals surface area contributed by atoms with Crippen molar-refractivity contribution >= 4 is 15.9 Å². The second-order valence-electron chi connectivity index (χ2n) is 8.75. The van der Waals surface area contributed by atoms with Crippen molar-refractivity contribution in [3.8, 4) is 0 Å². The van der Waals surface area contributed by atoms with Crippen LogP contribution in [0.2, 0.25) is 0 Å². The quantitative estimate of drug-likeness (QED) is 0.767. The molecule has 1 spiro atoms. The number of aliphatic imine (C=N–C) groups is 1. The molecular formula is C24H32N4O2S. The maximum Gasteiger partial charge on any atom is 0.243 e. The number of aryl methyl sites for hydroxylation is 3. The first-order chi connectivity index (χ1) is 14.8. The Morgan fingerprint density at radius 3 is 2.52 bits per heavy atom. The number of hydrogen-bond acceptors (Lipinski definition) is 5. The van der Waals surface area contributed by atoms with Crippen molar-refractivity contribution in [2.24, 2.45) is 4.99 Å². The molecule has 0 aromatic heterocycles. The average molecular weight is 441 g/mol. The van der Waals surface area contributed by atoms with E-state index in [0.29, 0.717) is 37.4 Å². The first-order valence-electron chi connectivity index (χ1n) is 11.0. The normalized spacial score (nSPS) is 19.3. The van der Waals surface area contributed by atoms with Gasteiger partial charge in [-0.05, 0) is 50.8 Å². The molecule has 0 amide bonds. The molecular weight excluding hydrogens is 408 g/mol. The molecule has 2 heterocycles. The Balaban J connectivity index is 1.47. The Morgan fingerprint density at radius 2 is 1.81 bits per heavy atom. The Bertz CT molecular complexity index is 1090. The van der Waals surface area contributed by atoms with Crippen LogP contribution in [0.25, 0.3) is 0 Å². The maximum atomic E-state index is 13.3. The summed E-state index contributed by atoms with van der Waals surface area (Å²) in [5.74, 6) is 0.962. The van der Waals surface area contributed by atoms with Crippen LogP contribution >= 0.6 is 0 Å². The number of nitrogens with one attached hydrogen (secondary N) is 2. The Kier molecular flexibility index (Phi) is 6.19. The zero-order valence-corrected chi connectivity index (χ0v) is 19.4. The van der Waals surface area contributed by atoms with Gasteiger partial charge in [-0.1, -0.05) is 47.5 Å². The predicted octanol–water partition coefficient (Wildman–Crippen LogP) is 2.93. The summed E-state index contributed by atoms with van der Waals surface area (Å²) in [6.07, 6.45) is 1.41. The summed E-state index contributed by atoms with van der Waals surface area (Å²) >= 11 is 0. The minimum atomic E-state index is -3.50. The van der Waals surface area contributed by atoms with Crippen LogP contribution in [0.3, 0.4) is 0 Å². The summed E-state index contributed by atoms with van der Waals surface area (Å²) in [5.41, 5.74) is 4.05. The number of piperidine rings is 1. The number of nitrogens with zero attached hydrogens (tertiary/aromatic N) is 2. The van der Waals surface area contributed by atoms with Crippen molar-refractivity contribution in [3.63, 3.8) is 0 Å². The molecule has 166 valence electrons. The topological polar surface area (TPSA) is 73.8 Å².